The number of aryl methyl sites for hydroxylation is 1. The van der Waals surface area contributed by atoms with Crippen LogP contribution in [0.2, 0.25) is 0 Å². The van der Waals surface area contributed by atoms with Crippen LogP contribution in [-0.2, 0) is 6.54 Å². The van der Waals surface area contributed by atoms with Gasteiger partial charge < -0.3 is 10.2 Å². The molecule has 90 valence electrons. The predicted octanol–water partition coefficient (Wildman–Crippen LogP) is 1.80. The molecule has 0 aromatic carbocycles. The molecule has 0 radical (unpaired) electrons. The van der Waals surface area contributed by atoms with Crippen LogP contribution in [0.1, 0.15) is 26.7 Å². The minimum atomic E-state index is 0.598. The van der Waals surface area contributed by atoms with E-state index < -0.39 is 0 Å². The molecule has 1 aromatic rings. The molecule has 2 unspecified atom stereocenters. The molecule has 1 fully saturated rings. The van der Waals surface area contributed by atoms with Crippen LogP contribution in [0, 0.1) is 0 Å². The molecule has 1 aliphatic rings. The summed E-state index contributed by atoms with van der Waals surface area (Å²) in [4.78, 5) is 2.42. The van der Waals surface area contributed by atoms with E-state index in [1.807, 2.05) is 10.9 Å². The third-order valence-corrected chi connectivity index (χ3v) is 3.54. The van der Waals surface area contributed by atoms with Gasteiger partial charge in [-0.25, -0.2) is 0 Å². The van der Waals surface area contributed by atoms with Crippen molar-refractivity contribution in [2.45, 2.75) is 45.3 Å². The van der Waals surface area contributed by atoms with Crippen molar-refractivity contribution in [2.24, 2.45) is 0 Å². The number of rotatable bonds is 3. The van der Waals surface area contributed by atoms with Gasteiger partial charge in [-0.3, -0.25) is 4.68 Å². The quantitative estimate of drug-likeness (QED) is 0.846. The SMILES string of the molecule is CCn1cc(NC2CCN(C)C(C)C2)cn1. The van der Waals surface area contributed by atoms with Gasteiger partial charge in [0.05, 0.1) is 11.9 Å². The second-order valence-electron chi connectivity index (χ2n) is 4.78. The number of nitrogens with zero attached hydrogens (tertiary/aromatic N) is 3. The number of piperidine rings is 1. The van der Waals surface area contributed by atoms with Crippen LogP contribution in [-0.4, -0.2) is 40.4 Å². The fourth-order valence-electron chi connectivity index (χ4n) is 2.27. The number of aromatic nitrogens is 2. The van der Waals surface area contributed by atoms with Crippen molar-refractivity contribution in [3.05, 3.63) is 12.4 Å². The van der Waals surface area contributed by atoms with Gasteiger partial charge in [0.2, 0.25) is 0 Å². The summed E-state index contributed by atoms with van der Waals surface area (Å²) in [5.74, 6) is 0. The Morgan fingerprint density at radius 3 is 3.00 bits per heavy atom. The molecular formula is C12H22N4. The summed E-state index contributed by atoms with van der Waals surface area (Å²) >= 11 is 0. The number of hydrogen-bond donors (Lipinski definition) is 1. The Hall–Kier alpha value is -1.03. The van der Waals surface area contributed by atoms with Crippen LogP contribution in [0.15, 0.2) is 12.4 Å². The topological polar surface area (TPSA) is 33.1 Å². The predicted molar refractivity (Wildman–Crippen MR) is 66.6 cm³/mol. The molecule has 0 aliphatic carbocycles. The maximum absolute atomic E-state index is 4.28. The van der Waals surface area contributed by atoms with Gasteiger partial charge in [0.25, 0.3) is 0 Å². The molecule has 4 heteroatoms. The third kappa shape index (κ3) is 2.55. The van der Waals surface area contributed by atoms with Gasteiger partial charge in [-0.15, -0.1) is 0 Å². The molecule has 2 heterocycles. The van der Waals surface area contributed by atoms with Crippen LogP contribution in [0.25, 0.3) is 0 Å². The normalized spacial score (nSPS) is 26.9. The van der Waals surface area contributed by atoms with Gasteiger partial charge in [-0.1, -0.05) is 0 Å². The average Bonchev–Trinajstić information content (AvgIpc) is 2.71. The molecule has 0 spiro atoms. The molecule has 16 heavy (non-hydrogen) atoms. The fraction of sp³-hybridized carbons (Fsp3) is 0.750. The maximum atomic E-state index is 4.28. The van der Waals surface area contributed by atoms with Crippen molar-refractivity contribution < 1.29 is 0 Å². The van der Waals surface area contributed by atoms with Gasteiger partial charge in [-0.05, 0) is 33.7 Å². The lowest BCUT2D eigenvalue weighted by Gasteiger charge is -2.35. The standard InChI is InChI=1S/C12H22N4/c1-4-16-9-12(8-13-16)14-11-5-6-15(3)10(2)7-11/h8-11,14H,4-7H2,1-3H3. The van der Waals surface area contributed by atoms with Gasteiger partial charge in [-0.2, -0.15) is 5.10 Å². The highest BCUT2D eigenvalue weighted by Crippen LogP contribution is 2.19. The largest absolute Gasteiger partial charge is 0.380 e. The van der Waals surface area contributed by atoms with Crippen LogP contribution >= 0.6 is 0 Å². The Morgan fingerprint density at radius 2 is 2.38 bits per heavy atom. The number of hydrogen-bond acceptors (Lipinski definition) is 3. The molecule has 1 aromatic heterocycles. The lowest BCUT2D eigenvalue weighted by atomic mass is 9.99. The lowest BCUT2D eigenvalue weighted by molar-refractivity contribution is 0.190. The first kappa shape index (κ1) is 11.5. The van der Waals surface area contributed by atoms with Crippen molar-refractivity contribution >= 4 is 5.69 Å². The van der Waals surface area contributed by atoms with Crippen LogP contribution in [0.5, 0.6) is 0 Å². The summed E-state index contributed by atoms with van der Waals surface area (Å²) < 4.78 is 1.96. The summed E-state index contributed by atoms with van der Waals surface area (Å²) in [6.07, 6.45) is 6.45. The van der Waals surface area contributed by atoms with E-state index >= 15 is 0 Å². The van der Waals surface area contributed by atoms with E-state index in [9.17, 15) is 0 Å². The van der Waals surface area contributed by atoms with E-state index in [0.717, 1.165) is 12.2 Å². The zero-order valence-corrected chi connectivity index (χ0v) is 10.5. The zero-order valence-electron chi connectivity index (χ0n) is 10.5. The lowest BCUT2D eigenvalue weighted by Crippen LogP contribution is -2.42. The minimum absolute atomic E-state index is 0.598. The number of likely N-dealkylation sites (tertiary alicyclic amines) is 1. The molecule has 1 N–H and O–H groups in total. The summed E-state index contributed by atoms with van der Waals surface area (Å²) in [6.45, 7) is 6.52. The van der Waals surface area contributed by atoms with Gasteiger partial charge in [0, 0.05) is 31.4 Å². The summed E-state index contributed by atoms with van der Waals surface area (Å²) in [6, 6.07) is 1.27. The van der Waals surface area contributed by atoms with E-state index in [1.54, 1.807) is 0 Å². The Balaban J connectivity index is 1.90. The van der Waals surface area contributed by atoms with Crippen molar-refractivity contribution in [1.82, 2.24) is 14.7 Å². The van der Waals surface area contributed by atoms with Gasteiger partial charge >= 0.3 is 0 Å². The first-order chi connectivity index (χ1) is 7.69. The van der Waals surface area contributed by atoms with Gasteiger partial charge in [0.15, 0.2) is 0 Å². The Bertz CT molecular complexity index is 334. The van der Waals surface area contributed by atoms with E-state index in [1.165, 1.54) is 19.4 Å². The third-order valence-electron chi connectivity index (χ3n) is 3.54. The molecule has 4 nitrogen and oxygen atoms in total. The van der Waals surface area contributed by atoms with Crippen LogP contribution in [0.4, 0.5) is 5.69 Å². The smallest absolute Gasteiger partial charge is 0.0728 e. The molecule has 2 rings (SSSR count). The fourth-order valence-corrected chi connectivity index (χ4v) is 2.27. The van der Waals surface area contributed by atoms with E-state index in [2.05, 4.69) is 42.4 Å². The molecule has 0 saturated carbocycles. The second kappa shape index (κ2) is 4.87. The summed E-state index contributed by atoms with van der Waals surface area (Å²) in [5, 5.41) is 7.85. The summed E-state index contributed by atoms with van der Waals surface area (Å²) in [5.41, 5.74) is 1.16. The first-order valence-electron chi connectivity index (χ1n) is 6.18. The number of nitrogens with one attached hydrogen (secondary N) is 1. The van der Waals surface area contributed by atoms with Crippen LogP contribution < -0.4 is 5.32 Å². The average molecular weight is 222 g/mol. The molecule has 1 aliphatic heterocycles. The maximum Gasteiger partial charge on any atom is 0.0728 e. The Kier molecular flexibility index (Phi) is 3.49. The second-order valence-corrected chi connectivity index (χ2v) is 4.78. The highest BCUT2D eigenvalue weighted by atomic mass is 15.3. The molecule has 0 bridgehead atoms. The molecule has 2 atom stereocenters. The highest BCUT2D eigenvalue weighted by Gasteiger charge is 2.22. The van der Waals surface area contributed by atoms with Gasteiger partial charge in [0.1, 0.15) is 0 Å². The molecular weight excluding hydrogens is 200 g/mol. The Morgan fingerprint density at radius 1 is 1.56 bits per heavy atom. The number of anilines is 1. The minimum Gasteiger partial charge on any atom is -0.380 e. The van der Waals surface area contributed by atoms with Crippen LogP contribution in [0.3, 0.4) is 0 Å². The van der Waals surface area contributed by atoms with E-state index in [4.69, 9.17) is 0 Å². The highest BCUT2D eigenvalue weighted by molar-refractivity contribution is 5.39. The molecule has 0 amide bonds. The van der Waals surface area contributed by atoms with E-state index in [0.29, 0.717) is 12.1 Å². The van der Waals surface area contributed by atoms with Crippen molar-refractivity contribution in [1.29, 1.82) is 0 Å². The van der Waals surface area contributed by atoms with Crippen molar-refractivity contribution in [3.8, 4) is 0 Å². The Labute approximate surface area is 97.6 Å². The van der Waals surface area contributed by atoms with Crippen molar-refractivity contribution in [3.63, 3.8) is 0 Å². The zero-order chi connectivity index (χ0) is 11.5. The van der Waals surface area contributed by atoms with Crippen molar-refractivity contribution in [2.75, 3.05) is 18.9 Å². The molecule has 1 saturated heterocycles. The monoisotopic (exact) mass is 222 g/mol. The first-order valence-corrected chi connectivity index (χ1v) is 6.18. The van der Waals surface area contributed by atoms with E-state index in [-0.39, 0.29) is 0 Å². The summed E-state index contributed by atoms with van der Waals surface area (Å²) in [7, 11) is 2.20.